The normalized spacial score (nSPS) is 9.90. The molecular formula is C18H18N2O. The van der Waals surface area contributed by atoms with Gasteiger partial charge >= 0.3 is 0 Å². The number of nitrogens with zero attached hydrogens (tertiary/aromatic N) is 2. The van der Waals surface area contributed by atoms with Crippen LogP contribution in [0.4, 0.5) is 0 Å². The number of rotatable bonds is 5. The van der Waals surface area contributed by atoms with Gasteiger partial charge in [-0.25, -0.2) is 0 Å². The lowest BCUT2D eigenvalue weighted by atomic mass is 10.1. The third-order valence-corrected chi connectivity index (χ3v) is 3.34. The molecular weight excluding hydrogens is 260 g/mol. The molecule has 0 radical (unpaired) electrons. The van der Waals surface area contributed by atoms with E-state index in [1.165, 1.54) is 0 Å². The minimum Gasteiger partial charge on any atom is -0.335 e. The van der Waals surface area contributed by atoms with Gasteiger partial charge in [0.15, 0.2) is 0 Å². The maximum Gasteiger partial charge on any atom is 0.254 e. The zero-order chi connectivity index (χ0) is 15.1. The first kappa shape index (κ1) is 14.8. The Morgan fingerprint density at radius 1 is 1.10 bits per heavy atom. The maximum absolute atomic E-state index is 12.6. The number of hydrogen-bond acceptors (Lipinski definition) is 2. The molecule has 3 heteroatoms. The summed E-state index contributed by atoms with van der Waals surface area (Å²) in [5.41, 5.74) is 2.63. The second-order valence-corrected chi connectivity index (χ2v) is 4.84. The molecule has 2 aromatic carbocycles. The highest BCUT2D eigenvalue weighted by Crippen LogP contribution is 2.12. The first-order valence-corrected chi connectivity index (χ1v) is 7.03. The van der Waals surface area contributed by atoms with E-state index in [-0.39, 0.29) is 5.91 Å². The molecule has 2 aromatic rings. The zero-order valence-electron chi connectivity index (χ0n) is 12.1. The Balaban J connectivity index is 2.16. The van der Waals surface area contributed by atoms with Crippen molar-refractivity contribution in [2.75, 3.05) is 6.54 Å². The molecule has 0 bridgehead atoms. The Morgan fingerprint density at radius 2 is 1.81 bits per heavy atom. The number of amides is 1. The summed E-state index contributed by atoms with van der Waals surface area (Å²) in [7, 11) is 0. The molecule has 0 atom stereocenters. The minimum absolute atomic E-state index is 0.00106. The van der Waals surface area contributed by atoms with E-state index >= 15 is 0 Å². The molecule has 0 aromatic heterocycles. The summed E-state index contributed by atoms with van der Waals surface area (Å²) in [6, 6.07) is 19.4. The fourth-order valence-electron chi connectivity index (χ4n) is 2.22. The van der Waals surface area contributed by atoms with Gasteiger partial charge in [0.25, 0.3) is 5.91 Å². The third-order valence-electron chi connectivity index (χ3n) is 3.34. The Hall–Kier alpha value is -2.60. The second kappa shape index (κ2) is 7.25. The molecule has 0 saturated heterocycles. The van der Waals surface area contributed by atoms with Crippen molar-refractivity contribution in [1.29, 1.82) is 5.26 Å². The van der Waals surface area contributed by atoms with Crippen LogP contribution in [-0.2, 0) is 13.0 Å². The molecule has 0 fully saturated rings. The third kappa shape index (κ3) is 3.93. The summed E-state index contributed by atoms with van der Waals surface area (Å²) < 4.78 is 0. The van der Waals surface area contributed by atoms with Gasteiger partial charge in [-0.15, -0.1) is 0 Å². The molecule has 106 valence electrons. The molecule has 0 unspecified atom stereocenters. The molecule has 0 aliphatic heterocycles. The smallest absolute Gasteiger partial charge is 0.254 e. The first-order valence-electron chi connectivity index (χ1n) is 7.03. The fraction of sp³-hybridized carbons (Fsp3) is 0.222. The predicted octanol–water partition coefficient (Wildman–Crippen LogP) is 3.41. The number of carbonyl (C=O) groups excluding carboxylic acids is 1. The molecule has 0 aliphatic carbocycles. The first-order chi connectivity index (χ1) is 10.2. The number of nitriles is 1. The Morgan fingerprint density at radius 3 is 2.48 bits per heavy atom. The fourth-order valence-corrected chi connectivity index (χ4v) is 2.22. The van der Waals surface area contributed by atoms with Crippen LogP contribution < -0.4 is 0 Å². The van der Waals surface area contributed by atoms with Crippen LogP contribution in [0.2, 0.25) is 0 Å². The zero-order valence-corrected chi connectivity index (χ0v) is 12.1. The van der Waals surface area contributed by atoms with Gasteiger partial charge in [-0.3, -0.25) is 4.79 Å². The standard InChI is InChI=1S/C18H18N2O/c1-2-20(14-16-7-4-3-5-8-16)18(21)17-10-6-9-15(13-17)11-12-19/h3-10,13H,2,11,14H2,1H3. The molecule has 0 aliphatic rings. The lowest BCUT2D eigenvalue weighted by Crippen LogP contribution is -2.30. The Kier molecular flexibility index (Phi) is 5.11. The van der Waals surface area contributed by atoms with E-state index in [9.17, 15) is 4.79 Å². The van der Waals surface area contributed by atoms with Crippen molar-refractivity contribution in [3.8, 4) is 6.07 Å². The molecule has 21 heavy (non-hydrogen) atoms. The van der Waals surface area contributed by atoms with Crippen molar-refractivity contribution in [2.24, 2.45) is 0 Å². The lowest BCUT2D eigenvalue weighted by Gasteiger charge is -2.21. The van der Waals surface area contributed by atoms with Gasteiger partial charge in [0.05, 0.1) is 12.5 Å². The number of carbonyl (C=O) groups is 1. The molecule has 1 amide bonds. The van der Waals surface area contributed by atoms with Gasteiger partial charge in [-0.1, -0.05) is 42.5 Å². The van der Waals surface area contributed by atoms with E-state index in [2.05, 4.69) is 6.07 Å². The highest BCUT2D eigenvalue weighted by molar-refractivity contribution is 5.94. The summed E-state index contributed by atoms with van der Waals surface area (Å²) in [6.45, 7) is 3.22. The van der Waals surface area contributed by atoms with Crippen molar-refractivity contribution in [2.45, 2.75) is 19.9 Å². The van der Waals surface area contributed by atoms with E-state index < -0.39 is 0 Å². The van der Waals surface area contributed by atoms with Gasteiger partial charge in [-0.2, -0.15) is 5.26 Å². The van der Waals surface area contributed by atoms with Crippen LogP contribution in [0, 0.1) is 11.3 Å². The van der Waals surface area contributed by atoms with E-state index in [1.54, 1.807) is 17.0 Å². The average molecular weight is 278 g/mol. The largest absolute Gasteiger partial charge is 0.335 e. The molecule has 3 nitrogen and oxygen atoms in total. The summed E-state index contributed by atoms with van der Waals surface area (Å²) in [6.07, 6.45) is 0.325. The van der Waals surface area contributed by atoms with E-state index in [0.717, 1.165) is 11.1 Å². The van der Waals surface area contributed by atoms with Crippen molar-refractivity contribution in [3.63, 3.8) is 0 Å². The van der Waals surface area contributed by atoms with Crippen molar-refractivity contribution >= 4 is 5.91 Å². The van der Waals surface area contributed by atoms with Crippen LogP contribution in [0.15, 0.2) is 54.6 Å². The minimum atomic E-state index is 0.00106. The van der Waals surface area contributed by atoms with E-state index in [1.807, 2.05) is 49.4 Å². The van der Waals surface area contributed by atoms with Gasteiger partial charge in [0.2, 0.25) is 0 Å². The predicted molar refractivity (Wildman–Crippen MR) is 82.6 cm³/mol. The summed E-state index contributed by atoms with van der Waals surface area (Å²) in [5, 5.41) is 8.75. The quantitative estimate of drug-likeness (QED) is 0.841. The summed E-state index contributed by atoms with van der Waals surface area (Å²) in [5.74, 6) is 0.00106. The Bertz CT molecular complexity index is 644. The summed E-state index contributed by atoms with van der Waals surface area (Å²) in [4.78, 5) is 14.4. The van der Waals surface area contributed by atoms with Gasteiger partial charge in [-0.05, 0) is 30.2 Å². The van der Waals surface area contributed by atoms with Crippen LogP contribution >= 0.6 is 0 Å². The van der Waals surface area contributed by atoms with Crippen LogP contribution in [0.1, 0.15) is 28.4 Å². The van der Waals surface area contributed by atoms with Crippen LogP contribution in [-0.4, -0.2) is 17.4 Å². The maximum atomic E-state index is 12.6. The van der Waals surface area contributed by atoms with Crippen molar-refractivity contribution < 1.29 is 4.79 Å². The van der Waals surface area contributed by atoms with E-state index in [4.69, 9.17) is 5.26 Å². The highest BCUT2D eigenvalue weighted by atomic mass is 16.2. The second-order valence-electron chi connectivity index (χ2n) is 4.84. The van der Waals surface area contributed by atoms with Gasteiger partial charge in [0.1, 0.15) is 0 Å². The topological polar surface area (TPSA) is 44.1 Å². The van der Waals surface area contributed by atoms with Crippen LogP contribution in [0.25, 0.3) is 0 Å². The van der Waals surface area contributed by atoms with E-state index in [0.29, 0.717) is 25.1 Å². The average Bonchev–Trinajstić information content (AvgIpc) is 2.53. The molecule has 0 N–H and O–H groups in total. The SMILES string of the molecule is CCN(Cc1ccccc1)C(=O)c1cccc(CC#N)c1. The number of benzene rings is 2. The molecule has 0 spiro atoms. The van der Waals surface area contributed by atoms with Crippen molar-refractivity contribution in [1.82, 2.24) is 4.90 Å². The van der Waals surface area contributed by atoms with Gasteiger partial charge in [0, 0.05) is 18.7 Å². The van der Waals surface area contributed by atoms with Gasteiger partial charge < -0.3 is 4.90 Å². The highest BCUT2D eigenvalue weighted by Gasteiger charge is 2.14. The monoisotopic (exact) mass is 278 g/mol. The van der Waals surface area contributed by atoms with Crippen LogP contribution in [0.5, 0.6) is 0 Å². The summed E-state index contributed by atoms with van der Waals surface area (Å²) >= 11 is 0. The molecule has 2 rings (SSSR count). The molecule has 0 heterocycles. The number of hydrogen-bond donors (Lipinski definition) is 0. The van der Waals surface area contributed by atoms with Crippen molar-refractivity contribution in [3.05, 3.63) is 71.3 Å². The Labute approximate surface area is 125 Å². The molecule has 0 saturated carbocycles. The lowest BCUT2D eigenvalue weighted by molar-refractivity contribution is 0.0752. The van der Waals surface area contributed by atoms with Crippen LogP contribution in [0.3, 0.4) is 0 Å².